The van der Waals surface area contributed by atoms with Crippen molar-refractivity contribution < 1.29 is 19.1 Å². The minimum atomic E-state index is -0.0358. The number of para-hydroxylation sites is 1. The van der Waals surface area contributed by atoms with E-state index in [9.17, 15) is 9.59 Å². The number of carbonyl (C=O) groups excluding carboxylic acids is 2. The molecule has 0 aliphatic carbocycles. The Bertz CT molecular complexity index is 1150. The fourth-order valence-electron chi connectivity index (χ4n) is 4.01. The first-order valence-electron chi connectivity index (χ1n) is 10.2. The van der Waals surface area contributed by atoms with Gasteiger partial charge in [0.15, 0.2) is 0 Å². The Hall–Kier alpha value is -3.32. The fourth-order valence-corrected chi connectivity index (χ4v) is 5.18. The van der Waals surface area contributed by atoms with E-state index in [0.717, 1.165) is 26.6 Å². The number of hydrogen-bond acceptors (Lipinski definition) is 5. The van der Waals surface area contributed by atoms with Crippen LogP contribution < -0.4 is 9.47 Å². The third kappa shape index (κ3) is 3.65. The van der Waals surface area contributed by atoms with E-state index in [1.54, 1.807) is 24.1 Å². The maximum absolute atomic E-state index is 13.1. The first-order chi connectivity index (χ1) is 15.1. The Morgan fingerprint density at radius 2 is 1.68 bits per heavy atom. The molecule has 0 bridgehead atoms. The molecule has 0 atom stereocenters. The van der Waals surface area contributed by atoms with Crippen LogP contribution in [0, 0.1) is 0 Å². The lowest BCUT2D eigenvalue weighted by Gasteiger charge is -2.34. The standard InChI is InChI=1S/C24H22N2O4S/c1-29-18-6-4-5-16(13-18)23(27)25-9-11-26(12-10-25)24(28)21-14-17-15-30-20-8-3-2-7-19(20)22(17)31-21/h2-8,13-14H,9-12,15H2,1H3. The summed E-state index contributed by atoms with van der Waals surface area (Å²) in [6, 6.07) is 17.0. The number of thiophene rings is 1. The first-order valence-corrected chi connectivity index (χ1v) is 11.0. The number of hydrogen-bond donors (Lipinski definition) is 0. The zero-order chi connectivity index (χ0) is 21.4. The van der Waals surface area contributed by atoms with E-state index in [0.29, 0.717) is 44.1 Å². The average molecular weight is 435 g/mol. The molecule has 1 aromatic heterocycles. The summed E-state index contributed by atoms with van der Waals surface area (Å²) in [5.74, 6) is 1.50. The van der Waals surface area contributed by atoms with Gasteiger partial charge in [0.2, 0.25) is 0 Å². The minimum absolute atomic E-state index is 0.0189. The van der Waals surface area contributed by atoms with Gasteiger partial charge in [-0.3, -0.25) is 9.59 Å². The molecule has 2 aliphatic rings. The summed E-state index contributed by atoms with van der Waals surface area (Å²) in [7, 11) is 1.58. The summed E-state index contributed by atoms with van der Waals surface area (Å²) in [6.07, 6.45) is 0. The van der Waals surface area contributed by atoms with Crippen LogP contribution in [0.4, 0.5) is 0 Å². The van der Waals surface area contributed by atoms with Gasteiger partial charge in [-0.1, -0.05) is 18.2 Å². The largest absolute Gasteiger partial charge is 0.497 e. The highest BCUT2D eigenvalue weighted by molar-refractivity contribution is 7.17. The average Bonchev–Trinajstić information content (AvgIpc) is 3.28. The van der Waals surface area contributed by atoms with Gasteiger partial charge < -0.3 is 19.3 Å². The lowest BCUT2D eigenvalue weighted by Crippen LogP contribution is -2.50. The molecule has 0 radical (unpaired) electrons. The number of benzene rings is 2. The van der Waals surface area contributed by atoms with E-state index in [1.165, 1.54) is 11.3 Å². The van der Waals surface area contributed by atoms with Crippen LogP contribution in [0.2, 0.25) is 0 Å². The number of piperazine rings is 1. The number of ether oxygens (including phenoxy) is 2. The zero-order valence-corrected chi connectivity index (χ0v) is 18.0. The van der Waals surface area contributed by atoms with Crippen LogP contribution >= 0.6 is 11.3 Å². The van der Waals surface area contributed by atoms with Gasteiger partial charge in [-0.05, 0) is 36.4 Å². The van der Waals surface area contributed by atoms with Gasteiger partial charge in [-0.2, -0.15) is 0 Å². The predicted molar refractivity (Wildman–Crippen MR) is 119 cm³/mol. The van der Waals surface area contributed by atoms with Gasteiger partial charge in [0.05, 0.1) is 12.0 Å². The van der Waals surface area contributed by atoms with Crippen molar-refractivity contribution in [1.82, 2.24) is 9.80 Å². The Labute approximate surface area is 184 Å². The van der Waals surface area contributed by atoms with Crippen molar-refractivity contribution >= 4 is 23.2 Å². The van der Waals surface area contributed by atoms with Crippen molar-refractivity contribution in [3.63, 3.8) is 0 Å². The molecular weight excluding hydrogens is 412 g/mol. The van der Waals surface area contributed by atoms with Crippen molar-refractivity contribution in [2.24, 2.45) is 0 Å². The lowest BCUT2D eigenvalue weighted by atomic mass is 10.1. The maximum atomic E-state index is 13.1. The van der Waals surface area contributed by atoms with Crippen LogP contribution in [0.1, 0.15) is 25.6 Å². The predicted octanol–water partition coefficient (Wildman–Crippen LogP) is 3.91. The molecule has 1 fully saturated rings. The molecule has 0 spiro atoms. The van der Waals surface area contributed by atoms with Crippen LogP contribution in [0.5, 0.6) is 11.5 Å². The maximum Gasteiger partial charge on any atom is 0.264 e. The van der Waals surface area contributed by atoms with Gasteiger partial charge in [0.25, 0.3) is 11.8 Å². The van der Waals surface area contributed by atoms with E-state index < -0.39 is 0 Å². The number of nitrogens with zero attached hydrogens (tertiary/aromatic N) is 2. The molecule has 0 unspecified atom stereocenters. The topological polar surface area (TPSA) is 59.1 Å². The van der Waals surface area contributed by atoms with E-state index in [-0.39, 0.29) is 11.8 Å². The third-order valence-corrected chi connectivity index (χ3v) is 6.90. The van der Waals surface area contributed by atoms with Gasteiger partial charge in [0, 0.05) is 47.7 Å². The molecule has 158 valence electrons. The van der Waals surface area contributed by atoms with Crippen LogP contribution in [0.15, 0.2) is 54.6 Å². The molecule has 6 nitrogen and oxygen atoms in total. The van der Waals surface area contributed by atoms with Crippen molar-refractivity contribution in [2.75, 3.05) is 33.3 Å². The molecule has 2 aromatic carbocycles. The summed E-state index contributed by atoms with van der Waals surface area (Å²) < 4.78 is 11.0. The molecular formula is C24H22N2O4S. The molecule has 7 heteroatoms. The van der Waals surface area contributed by atoms with Crippen molar-refractivity contribution in [3.05, 3.63) is 70.6 Å². The molecule has 5 rings (SSSR count). The van der Waals surface area contributed by atoms with E-state index in [4.69, 9.17) is 9.47 Å². The highest BCUT2D eigenvalue weighted by atomic mass is 32.1. The van der Waals surface area contributed by atoms with Gasteiger partial charge in [-0.25, -0.2) is 0 Å². The van der Waals surface area contributed by atoms with Crippen LogP contribution in [0.3, 0.4) is 0 Å². The Kier molecular flexibility index (Phi) is 5.11. The van der Waals surface area contributed by atoms with Crippen LogP contribution in [-0.2, 0) is 6.61 Å². The molecule has 3 heterocycles. The van der Waals surface area contributed by atoms with Crippen LogP contribution in [-0.4, -0.2) is 54.9 Å². The molecule has 0 saturated carbocycles. The monoisotopic (exact) mass is 434 g/mol. The van der Waals surface area contributed by atoms with E-state index >= 15 is 0 Å². The number of rotatable bonds is 3. The Balaban J connectivity index is 1.27. The number of carbonyl (C=O) groups is 2. The van der Waals surface area contributed by atoms with E-state index in [2.05, 4.69) is 0 Å². The quantitative estimate of drug-likeness (QED) is 0.627. The molecule has 2 aliphatic heterocycles. The SMILES string of the molecule is COc1cccc(C(=O)N2CCN(C(=O)c3cc4c(s3)-c3ccccc3OC4)CC2)c1. The van der Waals surface area contributed by atoms with Crippen molar-refractivity contribution in [2.45, 2.75) is 6.61 Å². The Morgan fingerprint density at radius 3 is 2.45 bits per heavy atom. The number of fused-ring (bicyclic) bond motifs is 3. The second-order valence-corrected chi connectivity index (χ2v) is 8.62. The first kappa shape index (κ1) is 19.6. The van der Waals surface area contributed by atoms with E-state index in [1.807, 2.05) is 47.4 Å². The third-order valence-electron chi connectivity index (χ3n) is 5.71. The Morgan fingerprint density at radius 1 is 0.935 bits per heavy atom. The minimum Gasteiger partial charge on any atom is -0.497 e. The van der Waals surface area contributed by atoms with Gasteiger partial charge in [-0.15, -0.1) is 11.3 Å². The summed E-state index contributed by atoms with van der Waals surface area (Å²) in [5.41, 5.74) is 2.70. The molecule has 2 amide bonds. The highest BCUT2D eigenvalue weighted by Crippen LogP contribution is 2.42. The second-order valence-electron chi connectivity index (χ2n) is 7.57. The number of methoxy groups -OCH3 is 1. The number of amides is 2. The summed E-state index contributed by atoms with van der Waals surface area (Å²) in [6.45, 7) is 2.55. The lowest BCUT2D eigenvalue weighted by molar-refractivity contribution is 0.0538. The normalized spacial score (nSPS) is 15.0. The molecule has 0 N–H and O–H groups in total. The summed E-state index contributed by atoms with van der Waals surface area (Å²) in [5, 5.41) is 0. The van der Waals surface area contributed by atoms with Gasteiger partial charge >= 0.3 is 0 Å². The smallest absolute Gasteiger partial charge is 0.264 e. The zero-order valence-electron chi connectivity index (χ0n) is 17.2. The van der Waals surface area contributed by atoms with Crippen molar-refractivity contribution in [3.8, 4) is 21.9 Å². The molecule has 31 heavy (non-hydrogen) atoms. The fraction of sp³-hybridized carbons (Fsp3) is 0.250. The second kappa shape index (κ2) is 8.07. The summed E-state index contributed by atoms with van der Waals surface area (Å²) in [4.78, 5) is 31.4. The molecule has 3 aromatic rings. The van der Waals surface area contributed by atoms with Crippen molar-refractivity contribution in [1.29, 1.82) is 0 Å². The van der Waals surface area contributed by atoms with Gasteiger partial charge in [0.1, 0.15) is 18.1 Å². The summed E-state index contributed by atoms with van der Waals surface area (Å²) >= 11 is 1.52. The van der Waals surface area contributed by atoms with Crippen LogP contribution in [0.25, 0.3) is 10.4 Å². The highest BCUT2D eigenvalue weighted by Gasteiger charge is 2.28. The molecule has 1 saturated heterocycles.